The Morgan fingerprint density at radius 2 is 2.20 bits per heavy atom. The Bertz CT molecular complexity index is 559. The van der Waals surface area contributed by atoms with Crippen LogP contribution >= 0.6 is 11.3 Å². The molecule has 1 fully saturated rings. The van der Waals surface area contributed by atoms with Crippen molar-refractivity contribution < 1.29 is 4.52 Å². The number of hydrogen-bond donors (Lipinski definition) is 1. The molecule has 3 rings (SSSR count). The summed E-state index contributed by atoms with van der Waals surface area (Å²) in [5, 5.41) is 7.52. The number of aromatic nitrogens is 2. The molecule has 20 heavy (non-hydrogen) atoms. The van der Waals surface area contributed by atoms with Crippen LogP contribution in [-0.4, -0.2) is 41.2 Å². The maximum Gasteiger partial charge on any atom is 0.268 e. The van der Waals surface area contributed by atoms with Crippen molar-refractivity contribution in [2.75, 3.05) is 26.2 Å². The van der Waals surface area contributed by atoms with Crippen molar-refractivity contribution in [3.8, 4) is 10.8 Å². The summed E-state index contributed by atoms with van der Waals surface area (Å²) in [6.07, 6.45) is 1.04. The molecule has 0 aliphatic carbocycles. The van der Waals surface area contributed by atoms with Crippen molar-refractivity contribution in [3.63, 3.8) is 0 Å². The highest BCUT2D eigenvalue weighted by molar-refractivity contribution is 7.15. The molecule has 2 aromatic rings. The molecule has 5 nitrogen and oxygen atoms in total. The zero-order valence-electron chi connectivity index (χ0n) is 11.9. The third kappa shape index (κ3) is 2.77. The molecule has 1 saturated heterocycles. The molecule has 0 amide bonds. The molecule has 0 saturated carbocycles. The molecular formula is C14H20N4OS. The average Bonchev–Trinajstić information content (AvgIpc) is 3.16. The standard InChI is InChI=1S/C14H20N4OS/c1-3-11-4-5-12(20-11)14-16-13(17-19-14)10(2)18-8-6-15-7-9-18/h4-5,10,15H,3,6-9H2,1-2H3. The van der Waals surface area contributed by atoms with Crippen LogP contribution in [-0.2, 0) is 6.42 Å². The number of rotatable bonds is 4. The summed E-state index contributed by atoms with van der Waals surface area (Å²) in [5.41, 5.74) is 0. The van der Waals surface area contributed by atoms with Gasteiger partial charge < -0.3 is 9.84 Å². The van der Waals surface area contributed by atoms with Crippen LogP contribution in [0.3, 0.4) is 0 Å². The van der Waals surface area contributed by atoms with Crippen molar-refractivity contribution in [2.45, 2.75) is 26.3 Å². The number of piperazine rings is 1. The van der Waals surface area contributed by atoms with E-state index in [0.29, 0.717) is 5.89 Å². The fraction of sp³-hybridized carbons (Fsp3) is 0.571. The zero-order chi connectivity index (χ0) is 13.9. The highest BCUT2D eigenvalue weighted by atomic mass is 32.1. The van der Waals surface area contributed by atoms with Crippen molar-refractivity contribution >= 4 is 11.3 Å². The Balaban J connectivity index is 1.75. The van der Waals surface area contributed by atoms with Gasteiger partial charge in [0.2, 0.25) is 0 Å². The Labute approximate surface area is 123 Å². The first-order valence-electron chi connectivity index (χ1n) is 7.15. The van der Waals surface area contributed by atoms with Gasteiger partial charge in [-0.05, 0) is 25.5 Å². The molecule has 1 unspecified atom stereocenters. The van der Waals surface area contributed by atoms with Crippen LogP contribution in [0.1, 0.15) is 30.6 Å². The van der Waals surface area contributed by atoms with Gasteiger partial charge in [0.25, 0.3) is 5.89 Å². The minimum atomic E-state index is 0.209. The van der Waals surface area contributed by atoms with E-state index >= 15 is 0 Å². The molecule has 1 aliphatic heterocycles. The summed E-state index contributed by atoms with van der Waals surface area (Å²) in [5.74, 6) is 1.43. The maximum absolute atomic E-state index is 5.43. The van der Waals surface area contributed by atoms with Gasteiger partial charge in [-0.1, -0.05) is 12.1 Å². The van der Waals surface area contributed by atoms with Crippen LogP contribution in [0.25, 0.3) is 10.8 Å². The van der Waals surface area contributed by atoms with E-state index in [1.165, 1.54) is 4.88 Å². The lowest BCUT2D eigenvalue weighted by molar-refractivity contribution is 0.176. The van der Waals surface area contributed by atoms with Crippen molar-refractivity contribution in [1.29, 1.82) is 0 Å². The number of hydrogen-bond acceptors (Lipinski definition) is 6. The predicted molar refractivity (Wildman–Crippen MR) is 79.8 cm³/mol. The Morgan fingerprint density at radius 3 is 2.90 bits per heavy atom. The molecule has 0 aromatic carbocycles. The number of thiophene rings is 1. The zero-order valence-corrected chi connectivity index (χ0v) is 12.7. The summed E-state index contributed by atoms with van der Waals surface area (Å²) in [6.45, 7) is 8.42. The molecule has 1 aliphatic rings. The third-order valence-corrected chi connectivity index (χ3v) is 4.95. The quantitative estimate of drug-likeness (QED) is 0.937. The van der Waals surface area contributed by atoms with Crippen LogP contribution in [0.15, 0.2) is 16.7 Å². The van der Waals surface area contributed by atoms with Crippen LogP contribution in [0, 0.1) is 0 Å². The van der Waals surface area contributed by atoms with Crippen molar-refractivity contribution in [2.24, 2.45) is 0 Å². The Hall–Kier alpha value is -1.24. The van der Waals surface area contributed by atoms with E-state index in [1.54, 1.807) is 11.3 Å². The molecule has 1 atom stereocenters. The SMILES string of the molecule is CCc1ccc(-c2nc(C(C)N3CCNCC3)no2)s1. The normalized spacial score (nSPS) is 18.3. The lowest BCUT2D eigenvalue weighted by atomic mass is 10.2. The number of nitrogens with one attached hydrogen (secondary N) is 1. The van der Waals surface area contributed by atoms with Crippen LogP contribution < -0.4 is 5.32 Å². The van der Waals surface area contributed by atoms with E-state index in [1.807, 2.05) is 0 Å². The van der Waals surface area contributed by atoms with Crippen molar-refractivity contribution in [1.82, 2.24) is 20.4 Å². The minimum absolute atomic E-state index is 0.209. The number of nitrogens with zero attached hydrogens (tertiary/aromatic N) is 3. The van der Waals surface area contributed by atoms with Crippen LogP contribution in [0.4, 0.5) is 0 Å². The molecule has 0 bridgehead atoms. The first-order valence-corrected chi connectivity index (χ1v) is 7.97. The van der Waals surface area contributed by atoms with Crippen molar-refractivity contribution in [3.05, 3.63) is 22.8 Å². The second-order valence-electron chi connectivity index (χ2n) is 5.04. The Morgan fingerprint density at radius 1 is 1.40 bits per heavy atom. The summed E-state index contributed by atoms with van der Waals surface area (Å²) in [4.78, 5) is 9.37. The van der Waals surface area contributed by atoms with Gasteiger partial charge in [0.15, 0.2) is 5.82 Å². The van der Waals surface area contributed by atoms with Gasteiger partial charge in [0.1, 0.15) is 0 Å². The van der Waals surface area contributed by atoms with E-state index in [9.17, 15) is 0 Å². The first-order chi connectivity index (χ1) is 9.78. The third-order valence-electron chi connectivity index (χ3n) is 3.74. The smallest absolute Gasteiger partial charge is 0.268 e. The maximum atomic E-state index is 5.43. The summed E-state index contributed by atoms with van der Waals surface area (Å²) >= 11 is 1.73. The molecule has 1 N–H and O–H groups in total. The lowest BCUT2D eigenvalue weighted by Gasteiger charge is -2.30. The topological polar surface area (TPSA) is 54.2 Å². The van der Waals surface area contributed by atoms with Gasteiger partial charge in [-0.2, -0.15) is 4.98 Å². The fourth-order valence-electron chi connectivity index (χ4n) is 2.42. The van der Waals surface area contributed by atoms with E-state index in [-0.39, 0.29) is 6.04 Å². The average molecular weight is 292 g/mol. The summed E-state index contributed by atoms with van der Waals surface area (Å²) in [7, 11) is 0. The largest absolute Gasteiger partial charge is 0.333 e. The fourth-order valence-corrected chi connectivity index (χ4v) is 3.29. The molecule has 108 valence electrons. The van der Waals surface area contributed by atoms with E-state index in [2.05, 4.69) is 46.3 Å². The summed E-state index contributed by atoms with van der Waals surface area (Å²) < 4.78 is 5.43. The minimum Gasteiger partial charge on any atom is -0.333 e. The molecule has 2 aromatic heterocycles. The summed E-state index contributed by atoms with van der Waals surface area (Å²) in [6, 6.07) is 4.40. The second-order valence-corrected chi connectivity index (χ2v) is 6.21. The highest BCUT2D eigenvalue weighted by Gasteiger charge is 2.23. The van der Waals surface area contributed by atoms with Gasteiger partial charge in [-0.3, -0.25) is 4.90 Å². The number of aryl methyl sites for hydroxylation is 1. The van der Waals surface area contributed by atoms with Gasteiger partial charge in [0.05, 0.1) is 10.9 Å². The van der Waals surface area contributed by atoms with Gasteiger partial charge >= 0.3 is 0 Å². The van der Waals surface area contributed by atoms with Crippen LogP contribution in [0.5, 0.6) is 0 Å². The lowest BCUT2D eigenvalue weighted by Crippen LogP contribution is -2.44. The highest BCUT2D eigenvalue weighted by Crippen LogP contribution is 2.28. The van der Waals surface area contributed by atoms with Gasteiger partial charge in [-0.15, -0.1) is 11.3 Å². The molecular weight excluding hydrogens is 272 g/mol. The predicted octanol–water partition coefficient (Wildman–Crippen LogP) is 2.33. The Kier molecular flexibility index (Phi) is 4.14. The first kappa shape index (κ1) is 13.7. The molecule has 3 heterocycles. The molecule has 6 heteroatoms. The molecule has 0 radical (unpaired) electrons. The molecule has 0 spiro atoms. The van der Waals surface area contributed by atoms with Gasteiger partial charge in [-0.25, -0.2) is 0 Å². The second kappa shape index (κ2) is 6.03. The van der Waals surface area contributed by atoms with E-state index < -0.39 is 0 Å². The van der Waals surface area contributed by atoms with Crippen LogP contribution in [0.2, 0.25) is 0 Å². The van der Waals surface area contributed by atoms with Gasteiger partial charge in [0, 0.05) is 31.1 Å². The van der Waals surface area contributed by atoms with E-state index in [0.717, 1.165) is 43.3 Å². The van der Waals surface area contributed by atoms with E-state index in [4.69, 9.17) is 4.52 Å². The monoisotopic (exact) mass is 292 g/mol.